The van der Waals surface area contributed by atoms with Crippen molar-refractivity contribution in [1.82, 2.24) is 15.1 Å². The molecule has 2 aliphatic heterocycles. The molecule has 4 nitrogen and oxygen atoms in total. The molecule has 0 amide bonds. The Hall–Kier alpha value is -0.630. The highest BCUT2D eigenvalue weighted by molar-refractivity contribution is 4.96. The van der Waals surface area contributed by atoms with Crippen LogP contribution in [-0.4, -0.2) is 61.7 Å². The standard InChI is InChI=1S/C12H22N4/c13-10-12-11-14-4-7-16(12)9-8-15-5-2-1-3-6-15/h12,14H,1-9,11H2. The van der Waals surface area contributed by atoms with E-state index in [2.05, 4.69) is 21.2 Å². The van der Waals surface area contributed by atoms with E-state index in [1.165, 1.54) is 32.4 Å². The first-order valence-corrected chi connectivity index (χ1v) is 6.47. The summed E-state index contributed by atoms with van der Waals surface area (Å²) >= 11 is 0. The van der Waals surface area contributed by atoms with Crippen molar-refractivity contribution in [1.29, 1.82) is 5.26 Å². The lowest BCUT2D eigenvalue weighted by Gasteiger charge is -2.34. The normalized spacial score (nSPS) is 28.8. The van der Waals surface area contributed by atoms with Crippen LogP contribution in [-0.2, 0) is 0 Å². The number of nitrogens with zero attached hydrogens (tertiary/aromatic N) is 3. The van der Waals surface area contributed by atoms with Crippen LogP contribution in [0.1, 0.15) is 19.3 Å². The van der Waals surface area contributed by atoms with Gasteiger partial charge in [-0.05, 0) is 25.9 Å². The number of hydrogen-bond donors (Lipinski definition) is 1. The highest BCUT2D eigenvalue weighted by Crippen LogP contribution is 2.09. The Kier molecular flexibility index (Phi) is 4.58. The molecule has 0 aromatic rings. The van der Waals surface area contributed by atoms with E-state index < -0.39 is 0 Å². The average Bonchev–Trinajstić information content (AvgIpc) is 2.38. The van der Waals surface area contributed by atoms with Gasteiger partial charge in [0.05, 0.1) is 6.07 Å². The number of nitriles is 1. The van der Waals surface area contributed by atoms with Crippen molar-refractivity contribution >= 4 is 0 Å². The maximum absolute atomic E-state index is 9.05. The van der Waals surface area contributed by atoms with Gasteiger partial charge in [0, 0.05) is 32.7 Å². The third-order valence-electron chi connectivity index (χ3n) is 3.66. The molecule has 0 saturated carbocycles. The molecule has 0 aromatic carbocycles. The van der Waals surface area contributed by atoms with Gasteiger partial charge in [-0.25, -0.2) is 0 Å². The van der Waals surface area contributed by atoms with Crippen molar-refractivity contribution < 1.29 is 0 Å². The Bertz CT molecular complexity index is 242. The molecular formula is C12H22N4. The Labute approximate surface area is 98.2 Å². The molecule has 2 rings (SSSR count). The van der Waals surface area contributed by atoms with Gasteiger partial charge in [0.15, 0.2) is 0 Å². The Morgan fingerprint density at radius 3 is 2.69 bits per heavy atom. The molecular weight excluding hydrogens is 200 g/mol. The van der Waals surface area contributed by atoms with Crippen LogP contribution in [0, 0.1) is 11.3 Å². The molecule has 1 N–H and O–H groups in total. The van der Waals surface area contributed by atoms with E-state index in [4.69, 9.17) is 5.26 Å². The molecule has 1 unspecified atom stereocenters. The minimum atomic E-state index is 0.0820. The highest BCUT2D eigenvalue weighted by Gasteiger charge is 2.22. The zero-order valence-corrected chi connectivity index (χ0v) is 9.99. The van der Waals surface area contributed by atoms with Crippen LogP contribution < -0.4 is 5.32 Å². The van der Waals surface area contributed by atoms with Crippen molar-refractivity contribution in [2.75, 3.05) is 45.8 Å². The van der Waals surface area contributed by atoms with Gasteiger partial charge in [-0.2, -0.15) is 5.26 Å². The molecule has 0 spiro atoms. The summed E-state index contributed by atoms with van der Waals surface area (Å²) in [7, 11) is 0. The van der Waals surface area contributed by atoms with Crippen molar-refractivity contribution in [3.8, 4) is 6.07 Å². The summed E-state index contributed by atoms with van der Waals surface area (Å²) in [5.74, 6) is 0. The molecule has 0 radical (unpaired) electrons. The zero-order chi connectivity index (χ0) is 11.2. The molecule has 2 aliphatic rings. The van der Waals surface area contributed by atoms with Gasteiger partial charge in [0.2, 0.25) is 0 Å². The molecule has 0 bridgehead atoms. The molecule has 16 heavy (non-hydrogen) atoms. The van der Waals surface area contributed by atoms with Crippen LogP contribution in [0.2, 0.25) is 0 Å². The minimum Gasteiger partial charge on any atom is -0.313 e. The van der Waals surface area contributed by atoms with Crippen molar-refractivity contribution in [2.24, 2.45) is 0 Å². The largest absolute Gasteiger partial charge is 0.313 e. The van der Waals surface area contributed by atoms with Crippen molar-refractivity contribution in [2.45, 2.75) is 25.3 Å². The van der Waals surface area contributed by atoms with Gasteiger partial charge in [0.1, 0.15) is 6.04 Å². The third kappa shape index (κ3) is 3.18. The van der Waals surface area contributed by atoms with Gasteiger partial charge < -0.3 is 10.2 Å². The van der Waals surface area contributed by atoms with E-state index in [0.29, 0.717) is 0 Å². The van der Waals surface area contributed by atoms with E-state index in [-0.39, 0.29) is 6.04 Å². The second-order valence-corrected chi connectivity index (χ2v) is 4.79. The summed E-state index contributed by atoms with van der Waals surface area (Å²) in [4.78, 5) is 4.87. The second kappa shape index (κ2) is 6.19. The summed E-state index contributed by atoms with van der Waals surface area (Å²) in [6, 6.07) is 2.47. The third-order valence-corrected chi connectivity index (χ3v) is 3.66. The SMILES string of the molecule is N#CC1CNCCN1CCN1CCCCC1. The van der Waals surface area contributed by atoms with Crippen LogP contribution in [0.4, 0.5) is 0 Å². The highest BCUT2D eigenvalue weighted by atomic mass is 15.2. The predicted octanol–water partition coefficient (Wildman–Crippen LogP) is 0.270. The lowest BCUT2D eigenvalue weighted by Crippen LogP contribution is -2.52. The van der Waals surface area contributed by atoms with Gasteiger partial charge in [0.25, 0.3) is 0 Å². The summed E-state index contributed by atoms with van der Waals surface area (Å²) < 4.78 is 0. The Morgan fingerprint density at radius 1 is 1.12 bits per heavy atom. The fourth-order valence-corrected chi connectivity index (χ4v) is 2.59. The number of rotatable bonds is 3. The Morgan fingerprint density at radius 2 is 1.94 bits per heavy atom. The van der Waals surface area contributed by atoms with Gasteiger partial charge in [-0.1, -0.05) is 6.42 Å². The van der Waals surface area contributed by atoms with Crippen LogP contribution >= 0.6 is 0 Å². The minimum absolute atomic E-state index is 0.0820. The Balaban J connectivity index is 1.73. The van der Waals surface area contributed by atoms with E-state index in [1.54, 1.807) is 0 Å². The van der Waals surface area contributed by atoms with Gasteiger partial charge in [-0.15, -0.1) is 0 Å². The fraction of sp³-hybridized carbons (Fsp3) is 0.917. The van der Waals surface area contributed by atoms with E-state index in [0.717, 1.165) is 32.7 Å². The number of likely N-dealkylation sites (tertiary alicyclic amines) is 1. The zero-order valence-electron chi connectivity index (χ0n) is 9.99. The maximum Gasteiger partial charge on any atom is 0.110 e. The van der Waals surface area contributed by atoms with E-state index >= 15 is 0 Å². The maximum atomic E-state index is 9.05. The molecule has 0 aliphatic carbocycles. The first-order valence-electron chi connectivity index (χ1n) is 6.47. The predicted molar refractivity (Wildman–Crippen MR) is 64.1 cm³/mol. The molecule has 1 atom stereocenters. The number of piperazine rings is 1. The second-order valence-electron chi connectivity index (χ2n) is 4.79. The lowest BCUT2D eigenvalue weighted by molar-refractivity contribution is 0.150. The number of piperidine rings is 1. The summed E-state index contributed by atoms with van der Waals surface area (Å²) in [6.45, 7) is 7.57. The first-order chi connectivity index (χ1) is 7.90. The lowest BCUT2D eigenvalue weighted by atomic mass is 10.1. The smallest absolute Gasteiger partial charge is 0.110 e. The molecule has 2 heterocycles. The van der Waals surface area contributed by atoms with E-state index in [1.807, 2.05) is 0 Å². The van der Waals surface area contributed by atoms with Gasteiger partial charge >= 0.3 is 0 Å². The molecule has 2 saturated heterocycles. The average molecular weight is 222 g/mol. The summed E-state index contributed by atoms with van der Waals surface area (Å²) in [6.07, 6.45) is 4.09. The topological polar surface area (TPSA) is 42.3 Å². The van der Waals surface area contributed by atoms with Crippen LogP contribution in [0.3, 0.4) is 0 Å². The fourth-order valence-electron chi connectivity index (χ4n) is 2.59. The van der Waals surface area contributed by atoms with Crippen molar-refractivity contribution in [3.63, 3.8) is 0 Å². The van der Waals surface area contributed by atoms with Crippen LogP contribution in [0.15, 0.2) is 0 Å². The monoisotopic (exact) mass is 222 g/mol. The number of nitrogens with one attached hydrogen (secondary N) is 1. The van der Waals surface area contributed by atoms with Crippen molar-refractivity contribution in [3.05, 3.63) is 0 Å². The first kappa shape index (κ1) is 11.8. The molecule has 2 fully saturated rings. The number of hydrogen-bond acceptors (Lipinski definition) is 4. The van der Waals surface area contributed by atoms with Crippen LogP contribution in [0.5, 0.6) is 0 Å². The molecule has 4 heteroatoms. The summed E-state index contributed by atoms with van der Waals surface area (Å²) in [5.41, 5.74) is 0. The molecule has 0 aromatic heterocycles. The summed E-state index contributed by atoms with van der Waals surface area (Å²) in [5, 5.41) is 12.3. The molecule has 90 valence electrons. The van der Waals surface area contributed by atoms with Gasteiger partial charge in [-0.3, -0.25) is 4.90 Å². The quantitative estimate of drug-likeness (QED) is 0.744. The van der Waals surface area contributed by atoms with E-state index in [9.17, 15) is 0 Å². The van der Waals surface area contributed by atoms with Crippen LogP contribution in [0.25, 0.3) is 0 Å².